The number of piperidine rings is 1. The van der Waals surface area contributed by atoms with Gasteiger partial charge in [-0.25, -0.2) is 9.37 Å². The number of pyridine rings is 1. The van der Waals surface area contributed by atoms with Gasteiger partial charge in [-0.3, -0.25) is 14.6 Å². The van der Waals surface area contributed by atoms with Crippen LogP contribution in [-0.2, 0) is 4.79 Å². The van der Waals surface area contributed by atoms with Crippen LogP contribution in [0.2, 0.25) is 5.02 Å². The molecule has 2 aromatic carbocycles. The van der Waals surface area contributed by atoms with Gasteiger partial charge in [0.15, 0.2) is 5.82 Å². The summed E-state index contributed by atoms with van der Waals surface area (Å²) in [6, 6.07) is 5.95. The molecule has 5 aromatic rings. The third kappa shape index (κ3) is 4.97. The van der Waals surface area contributed by atoms with Crippen molar-refractivity contribution in [1.82, 2.24) is 34.8 Å². The van der Waals surface area contributed by atoms with Crippen molar-refractivity contribution in [2.45, 2.75) is 58.2 Å². The van der Waals surface area contributed by atoms with E-state index in [0.717, 1.165) is 46.0 Å². The summed E-state index contributed by atoms with van der Waals surface area (Å²) >= 11 is 7.05. The molecule has 0 spiro atoms. The van der Waals surface area contributed by atoms with E-state index in [4.69, 9.17) is 21.7 Å². The van der Waals surface area contributed by atoms with E-state index in [2.05, 4.69) is 52.0 Å². The van der Waals surface area contributed by atoms with Crippen LogP contribution < -0.4 is 4.90 Å². The molecular formula is C35H35ClFN9O. The van der Waals surface area contributed by atoms with Crippen LogP contribution in [0.15, 0.2) is 24.5 Å². The summed E-state index contributed by atoms with van der Waals surface area (Å²) < 4.78 is 19.1. The van der Waals surface area contributed by atoms with Crippen molar-refractivity contribution >= 4 is 56.0 Å². The fourth-order valence-electron chi connectivity index (χ4n) is 7.21. The zero-order chi connectivity index (χ0) is 33.1. The highest BCUT2D eigenvalue weighted by Gasteiger charge is 2.36. The maximum Gasteiger partial charge on any atom is 0.298 e. The van der Waals surface area contributed by atoms with Crippen LogP contribution in [0.25, 0.3) is 43.8 Å². The number of carbonyl (C=O) groups excluding carboxylic acids is 1. The fourth-order valence-corrected chi connectivity index (χ4v) is 7.50. The van der Waals surface area contributed by atoms with Crippen LogP contribution >= 0.6 is 11.6 Å². The standard InChI is InChI=1S/C35H35ClFN9O/c1-6-7-29(47)45-11-9-22(13-21(45)8-10-38)46-34-24-14-27(36)31(30-20(3)19(2)12-28-25(30)15-39-42-28)32(37)33(24)41-35(26(34)16-40-46)44-17-23(18-44)43(4)5/h12,14-16,21-23H,8-9,11,13,17-18H2,1-5H3,(H,39,42)/t21-,22+/m1/s1. The number of aromatic nitrogens is 5. The van der Waals surface area contributed by atoms with E-state index in [1.54, 1.807) is 30.3 Å². The highest BCUT2D eigenvalue weighted by molar-refractivity contribution is 6.35. The Kier molecular flexibility index (Phi) is 7.78. The number of anilines is 1. The average molecular weight is 652 g/mol. The molecule has 1 amide bonds. The van der Waals surface area contributed by atoms with Gasteiger partial charge in [-0.15, -0.1) is 0 Å². The van der Waals surface area contributed by atoms with Crippen molar-refractivity contribution in [3.05, 3.63) is 46.5 Å². The first-order chi connectivity index (χ1) is 22.6. The van der Waals surface area contributed by atoms with E-state index < -0.39 is 5.82 Å². The van der Waals surface area contributed by atoms with Gasteiger partial charge in [-0.05, 0) is 76.9 Å². The normalized spacial score (nSPS) is 18.5. The molecule has 0 saturated carbocycles. The van der Waals surface area contributed by atoms with Gasteiger partial charge in [0.25, 0.3) is 5.91 Å². The van der Waals surface area contributed by atoms with E-state index >= 15 is 4.39 Å². The number of likely N-dealkylation sites (N-methyl/N-ethyl adjacent to an activating group) is 1. The van der Waals surface area contributed by atoms with E-state index in [1.165, 1.54) is 0 Å². The largest absolute Gasteiger partial charge is 0.353 e. The maximum atomic E-state index is 17.2. The maximum absolute atomic E-state index is 17.2. The molecule has 0 unspecified atom stereocenters. The Bertz CT molecular complexity index is 2180. The fraction of sp³-hybridized carbons (Fsp3) is 0.400. The summed E-state index contributed by atoms with van der Waals surface area (Å²) in [6.07, 6.45) is 4.82. The van der Waals surface area contributed by atoms with Crippen molar-refractivity contribution in [2.24, 2.45) is 0 Å². The van der Waals surface area contributed by atoms with E-state index in [9.17, 15) is 10.1 Å². The van der Waals surface area contributed by atoms with Gasteiger partial charge < -0.3 is 14.7 Å². The number of nitrogens with zero attached hydrogens (tertiary/aromatic N) is 8. The van der Waals surface area contributed by atoms with E-state index in [0.29, 0.717) is 47.8 Å². The zero-order valence-electron chi connectivity index (χ0n) is 27.0. The van der Waals surface area contributed by atoms with Gasteiger partial charge in [0.1, 0.15) is 11.3 Å². The molecule has 0 radical (unpaired) electrons. The molecule has 2 aliphatic heterocycles. The molecule has 0 bridgehead atoms. The van der Waals surface area contributed by atoms with Crippen molar-refractivity contribution in [3.63, 3.8) is 0 Å². The highest BCUT2D eigenvalue weighted by Crippen LogP contribution is 2.45. The van der Waals surface area contributed by atoms with Crippen molar-refractivity contribution in [1.29, 1.82) is 5.26 Å². The van der Waals surface area contributed by atoms with Crippen LogP contribution in [0.5, 0.6) is 0 Å². The first-order valence-corrected chi connectivity index (χ1v) is 16.1. The minimum absolute atomic E-state index is 0.139. The first-order valence-electron chi connectivity index (χ1n) is 15.8. The number of nitrogens with one attached hydrogen (secondary N) is 1. The smallest absolute Gasteiger partial charge is 0.298 e. The number of amides is 1. The second-order valence-corrected chi connectivity index (χ2v) is 13.3. The minimum Gasteiger partial charge on any atom is -0.353 e. The van der Waals surface area contributed by atoms with Gasteiger partial charge in [0, 0.05) is 53.6 Å². The Morgan fingerprint density at radius 3 is 2.68 bits per heavy atom. The molecule has 0 aliphatic carbocycles. The molecular weight excluding hydrogens is 617 g/mol. The lowest BCUT2D eigenvalue weighted by molar-refractivity contribution is -0.129. The SMILES string of the molecule is CC#CC(=O)N1CC[C@H](n2ncc3c(N4CC(N(C)C)C4)nc4c(F)c(-c5c(C)c(C)cc6[nH]ncc56)c(Cl)cc4c32)C[C@H]1CC#N. The lowest BCUT2D eigenvalue weighted by atomic mass is 9.92. The number of carbonyl (C=O) groups is 1. The van der Waals surface area contributed by atoms with E-state index in [-0.39, 0.29) is 35.0 Å². The monoisotopic (exact) mass is 651 g/mol. The Hall–Kier alpha value is -4.71. The van der Waals surface area contributed by atoms with Crippen molar-refractivity contribution < 1.29 is 9.18 Å². The molecule has 12 heteroatoms. The number of rotatable bonds is 5. The zero-order valence-corrected chi connectivity index (χ0v) is 27.8. The Labute approximate surface area is 277 Å². The molecule has 240 valence electrons. The quantitative estimate of drug-likeness (QED) is 0.241. The number of benzene rings is 2. The van der Waals surface area contributed by atoms with Crippen molar-refractivity contribution in [3.8, 4) is 29.0 Å². The second kappa shape index (κ2) is 11.8. The molecule has 2 aliphatic rings. The summed E-state index contributed by atoms with van der Waals surface area (Å²) in [6.45, 7) is 7.53. The molecule has 10 nitrogen and oxygen atoms in total. The molecule has 3 aromatic heterocycles. The third-order valence-electron chi connectivity index (χ3n) is 9.96. The van der Waals surface area contributed by atoms with Crippen LogP contribution in [0.1, 0.15) is 43.4 Å². The number of aryl methyl sites for hydroxylation is 1. The van der Waals surface area contributed by atoms with Gasteiger partial charge in [0.05, 0.1) is 52.4 Å². The number of hydrogen-bond acceptors (Lipinski definition) is 7. The van der Waals surface area contributed by atoms with Crippen LogP contribution in [-0.4, -0.2) is 86.5 Å². The first kappa shape index (κ1) is 30.9. The molecule has 5 heterocycles. The number of fused-ring (bicyclic) bond motifs is 4. The average Bonchev–Trinajstić information content (AvgIpc) is 3.66. The lowest BCUT2D eigenvalue weighted by Gasteiger charge is -2.43. The predicted octanol–water partition coefficient (Wildman–Crippen LogP) is 5.76. The number of hydrogen-bond donors (Lipinski definition) is 1. The summed E-state index contributed by atoms with van der Waals surface area (Å²) in [5.41, 5.74) is 4.67. The molecule has 47 heavy (non-hydrogen) atoms. The third-order valence-corrected chi connectivity index (χ3v) is 10.3. The summed E-state index contributed by atoms with van der Waals surface area (Å²) in [5, 5.41) is 24.2. The number of likely N-dealkylation sites (tertiary alicyclic amines) is 1. The van der Waals surface area contributed by atoms with Gasteiger partial charge in [-0.1, -0.05) is 17.5 Å². The summed E-state index contributed by atoms with van der Waals surface area (Å²) in [7, 11) is 4.11. The Morgan fingerprint density at radius 1 is 1.17 bits per heavy atom. The number of halogens is 2. The summed E-state index contributed by atoms with van der Waals surface area (Å²) in [5.74, 6) is 5.21. The Balaban J connectivity index is 1.43. The molecule has 2 atom stereocenters. The highest BCUT2D eigenvalue weighted by atomic mass is 35.5. The van der Waals surface area contributed by atoms with Gasteiger partial charge in [0.2, 0.25) is 0 Å². The van der Waals surface area contributed by atoms with Crippen molar-refractivity contribution in [2.75, 3.05) is 38.6 Å². The topological polar surface area (TPSA) is 110 Å². The molecule has 7 rings (SSSR count). The number of nitriles is 1. The van der Waals surface area contributed by atoms with Crippen LogP contribution in [0.3, 0.4) is 0 Å². The number of aromatic amines is 1. The second-order valence-electron chi connectivity index (χ2n) is 12.8. The lowest BCUT2D eigenvalue weighted by Crippen LogP contribution is -2.57. The van der Waals surface area contributed by atoms with Crippen LogP contribution in [0, 0.1) is 42.8 Å². The molecule has 1 N–H and O–H groups in total. The number of H-pyrrole nitrogens is 1. The van der Waals surface area contributed by atoms with Gasteiger partial charge in [-0.2, -0.15) is 15.5 Å². The summed E-state index contributed by atoms with van der Waals surface area (Å²) in [4.78, 5) is 23.8. The predicted molar refractivity (Wildman–Crippen MR) is 182 cm³/mol. The minimum atomic E-state index is -0.495. The molecule has 2 fully saturated rings. The van der Waals surface area contributed by atoms with Gasteiger partial charge >= 0.3 is 0 Å². The molecule has 2 saturated heterocycles. The Morgan fingerprint density at radius 2 is 1.96 bits per heavy atom. The van der Waals surface area contributed by atoms with E-state index in [1.807, 2.05) is 24.6 Å². The van der Waals surface area contributed by atoms with Crippen LogP contribution in [0.4, 0.5) is 10.2 Å².